The van der Waals surface area contributed by atoms with E-state index in [0.29, 0.717) is 22.3 Å². The standard InChI is InChI=1S/C15H13ClN6O3/c1-8-3-4-10(6-11(8)16)19-14-13(22(23)24)15(18-7-17-14)20-12-5-9(2)25-21-12/h3-7H,1-2H3,(H2,17,18,19,20,21). The molecule has 128 valence electrons. The van der Waals surface area contributed by atoms with Crippen molar-refractivity contribution in [3.05, 3.63) is 57.1 Å². The molecule has 0 spiro atoms. The minimum absolute atomic E-state index is 0.00555. The summed E-state index contributed by atoms with van der Waals surface area (Å²) in [6, 6.07) is 6.81. The molecule has 0 radical (unpaired) electrons. The van der Waals surface area contributed by atoms with Crippen LogP contribution in [0.5, 0.6) is 0 Å². The number of aromatic nitrogens is 3. The number of benzene rings is 1. The number of nitro groups is 1. The summed E-state index contributed by atoms with van der Waals surface area (Å²) in [4.78, 5) is 18.8. The Labute approximate surface area is 147 Å². The maximum absolute atomic E-state index is 11.5. The lowest BCUT2D eigenvalue weighted by Crippen LogP contribution is -2.05. The summed E-state index contributed by atoms with van der Waals surface area (Å²) in [5, 5.41) is 21.5. The molecule has 0 unspecified atom stereocenters. The normalized spacial score (nSPS) is 10.5. The lowest BCUT2D eigenvalue weighted by molar-refractivity contribution is -0.383. The summed E-state index contributed by atoms with van der Waals surface area (Å²) in [7, 11) is 0. The quantitative estimate of drug-likeness (QED) is 0.514. The minimum atomic E-state index is -0.576. The summed E-state index contributed by atoms with van der Waals surface area (Å²) in [5.74, 6) is 0.895. The minimum Gasteiger partial charge on any atom is -0.360 e. The van der Waals surface area contributed by atoms with Crippen LogP contribution in [-0.2, 0) is 0 Å². The fourth-order valence-corrected chi connectivity index (χ4v) is 2.27. The van der Waals surface area contributed by atoms with Gasteiger partial charge < -0.3 is 15.2 Å². The third-order valence-corrected chi connectivity index (χ3v) is 3.72. The molecular weight excluding hydrogens is 348 g/mol. The molecular formula is C15H13ClN6O3. The molecule has 3 rings (SSSR count). The summed E-state index contributed by atoms with van der Waals surface area (Å²) >= 11 is 6.09. The number of nitrogens with one attached hydrogen (secondary N) is 2. The highest BCUT2D eigenvalue weighted by Crippen LogP contribution is 2.33. The number of aryl methyl sites for hydroxylation is 2. The maximum Gasteiger partial charge on any atom is 0.353 e. The predicted octanol–water partition coefficient (Wildman–Crippen LogP) is 4.13. The Morgan fingerprint density at radius 2 is 1.88 bits per heavy atom. The van der Waals surface area contributed by atoms with Crippen LogP contribution in [0.15, 0.2) is 35.1 Å². The van der Waals surface area contributed by atoms with Crippen molar-refractivity contribution in [3.63, 3.8) is 0 Å². The molecule has 0 saturated carbocycles. The van der Waals surface area contributed by atoms with Crippen LogP contribution in [-0.4, -0.2) is 20.0 Å². The third-order valence-electron chi connectivity index (χ3n) is 3.31. The van der Waals surface area contributed by atoms with Crippen LogP contribution in [0.3, 0.4) is 0 Å². The Kier molecular flexibility index (Phi) is 4.48. The molecule has 25 heavy (non-hydrogen) atoms. The third kappa shape index (κ3) is 3.66. The van der Waals surface area contributed by atoms with E-state index in [-0.39, 0.29) is 17.3 Å². The van der Waals surface area contributed by atoms with Gasteiger partial charge in [0.15, 0.2) is 5.82 Å². The molecule has 2 N–H and O–H groups in total. The van der Waals surface area contributed by atoms with Gasteiger partial charge in [0.2, 0.25) is 11.6 Å². The summed E-state index contributed by atoms with van der Waals surface area (Å²) in [6.07, 6.45) is 1.21. The molecule has 0 atom stereocenters. The van der Waals surface area contributed by atoms with Crippen molar-refractivity contribution in [2.75, 3.05) is 10.6 Å². The van der Waals surface area contributed by atoms with Crippen LogP contribution in [0.2, 0.25) is 5.02 Å². The molecule has 3 aromatic rings. The molecule has 10 heteroatoms. The summed E-state index contributed by atoms with van der Waals surface area (Å²) in [6.45, 7) is 3.57. The number of nitrogens with zero attached hydrogens (tertiary/aromatic N) is 4. The first kappa shape index (κ1) is 16.7. The predicted molar refractivity (Wildman–Crippen MR) is 92.7 cm³/mol. The number of rotatable bonds is 5. The Balaban J connectivity index is 1.97. The van der Waals surface area contributed by atoms with E-state index in [4.69, 9.17) is 16.1 Å². The number of anilines is 4. The zero-order valence-corrected chi connectivity index (χ0v) is 14.0. The van der Waals surface area contributed by atoms with Crippen molar-refractivity contribution in [1.82, 2.24) is 15.1 Å². The lowest BCUT2D eigenvalue weighted by atomic mass is 10.2. The SMILES string of the molecule is Cc1cc(Nc2ncnc(Nc3ccc(C)c(Cl)c3)c2[N+](=O)[O-])no1. The van der Waals surface area contributed by atoms with Gasteiger partial charge >= 0.3 is 5.69 Å². The van der Waals surface area contributed by atoms with Gasteiger partial charge in [0.05, 0.1) is 4.92 Å². The van der Waals surface area contributed by atoms with Gasteiger partial charge in [-0.1, -0.05) is 22.8 Å². The van der Waals surface area contributed by atoms with Crippen molar-refractivity contribution < 1.29 is 9.45 Å². The Bertz CT molecular complexity index is 943. The zero-order chi connectivity index (χ0) is 18.0. The highest BCUT2D eigenvalue weighted by Gasteiger charge is 2.24. The smallest absolute Gasteiger partial charge is 0.353 e. The van der Waals surface area contributed by atoms with E-state index in [9.17, 15) is 10.1 Å². The van der Waals surface area contributed by atoms with Gasteiger partial charge in [-0.15, -0.1) is 0 Å². The van der Waals surface area contributed by atoms with Gasteiger partial charge in [-0.2, -0.15) is 0 Å². The number of hydrogen-bond acceptors (Lipinski definition) is 8. The van der Waals surface area contributed by atoms with Gasteiger partial charge in [-0.25, -0.2) is 9.97 Å². The van der Waals surface area contributed by atoms with Crippen LogP contribution in [0.1, 0.15) is 11.3 Å². The molecule has 0 bridgehead atoms. The Hall–Kier alpha value is -3.20. The van der Waals surface area contributed by atoms with E-state index >= 15 is 0 Å². The average Bonchev–Trinajstić information content (AvgIpc) is 2.96. The molecule has 2 aromatic heterocycles. The van der Waals surface area contributed by atoms with E-state index in [0.717, 1.165) is 5.56 Å². The molecule has 0 aliphatic rings. The van der Waals surface area contributed by atoms with Crippen LogP contribution in [0.4, 0.5) is 28.8 Å². The van der Waals surface area contributed by atoms with E-state index < -0.39 is 4.92 Å². The molecule has 0 aliphatic heterocycles. The maximum atomic E-state index is 11.5. The molecule has 1 aromatic carbocycles. The van der Waals surface area contributed by atoms with E-state index in [1.165, 1.54) is 6.33 Å². The molecule has 0 amide bonds. The fourth-order valence-electron chi connectivity index (χ4n) is 2.09. The lowest BCUT2D eigenvalue weighted by Gasteiger charge is -2.09. The fraction of sp³-hybridized carbons (Fsp3) is 0.133. The van der Waals surface area contributed by atoms with Crippen LogP contribution < -0.4 is 10.6 Å². The van der Waals surface area contributed by atoms with E-state index in [2.05, 4.69) is 25.8 Å². The van der Waals surface area contributed by atoms with Crippen molar-refractivity contribution in [3.8, 4) is 0 Å². The molecule has 0 aliphatic carbocycles. The Morgan fingerprint density at radius 1 is 1.16 bits per heavy atom. The number of hydrogen-bond donors (Lipinski definition) is 2. The van der Waals surface area contributed by atoms with Gasteiger partial charge in [-0.05, 0) is 31.5 Å². The topological polar surface area (TPSA) is 119 Å². The highest BCUT2D eigenvalue weighted by atomic mass is 35.5. The molecule has 2 heterocycles. The second kappa shape index (κ2) is 6.73. The second-order valence-corrected chi connectivity index (χ2v) is 5.62. The molecule has 9 nitrogen and oxygen atoms in total. The molecule has 0 fully saturated rings. The van der Waals surface area contributed by atoms with Crippen LogP contribution >= 0.6 is 11.6 Å². The van der Waals surface area contributed by atoms with Gasteiger partial charge in [-0.3, -0.25) is 10.1 Å². The van der Waals surface area contributed by atoms with Crippen molar-refractivity contribution in [2.45, 2.75) is 13.8 Å². The van der Waals surface area contributed by atoms with Crippen LogP contribution in [0.25, 0.3) is 0 Å². The van der Waals surface area contributed by atoms with Gasteiger partial charge in [0.25, 0.3) is 0 Å². The first-order valence-corrected chi connectivity index (χ1v) is 7.55. The first-order valence-electron chi connectivity index (χ1n) is 7.17. The van der Waals surface area contributed by atoms with Crippen LogP contribution in [0, 0.1) is 24.0 Å². The van der Waals surface area contributed by atoms with Crippen molar-refractivity contribution >= 4 is 40.4 Å². The summed E-state index contributed by atoms with van der Waals surface area (Å²) in [5.41, 5.74) is 1.15. The molecule has 0 saturated heterocycles. The van der Waals surface area contributed by atoms with E-state index in [1.54, 1.807) is 31.2 Å². The largest absolute Gasteiger partial charge is 0.360 e. The van der Waals surface area contributed by atoms with Gasteiger partial charge in [0, 0.05) is 16.8 Å². The number of halogens is 1. The first-order chi connectivity index (χ1) is 11.9. The second-order valence-electron chi connectivity index (χ2n) is 5.21. The summed E-state index contributed by atoms with van der Waals surface area (Å²) < 4.78 is 4.93. The zero-order valence-electron chi connectivity index (χ0n) is 13.3. The monoisotopic (exact) mass is 360 g/mol. The van der Waals surface area contributed by atoms with Gasteiger partial charge in [0.1, 0.15) is 12.1 Å². The Morgan fingerprint density at radius 3 is 2.48 bits per heavy atom. The average molecular weight is 361 g/mol. The van der Waals surface area contributed by atoms with E-state index in [1.807, 2.05) is 6.92 Å². The van der Waals surface area contributed by atoms with Crippen molar-refractivity contribution in [2.24, 2.45) is 0 Å². The highest BCUT2D eigenvalue weighted by molar-refractivity contribution is 6.31. The van der Waals surface area contributed by atoms with Crippen molar-refractivity contribution in [1.29, 1.82) is 0 Å².